The maximum absolute atomic E-state index is 11.1. The number of hydrogen-bond acceptors (Lipinski definition) is 5. The number of rotatable bonds is 8. The van der Waals surface area contributed by atoms with Gasteiger partial charge in [0.1, 0.15) is 11.9 Å². The average Bonchev–Trinajstić information content (AvgIpc) is 2.62. The zero-order chi connectivity index (χ0) is 17.4. The summed E-state index contributed by atoms with van der Waals surface area (Å²) in [5, 5.41) is 23.7. The predicted octanol–water partition coefficient (Wildman–Crippen LogP) is 2.40. The van der Waals surface area contributed by atoms with E-state index < -0.39 is 0 Å². The average molecular weight is 325 g/mol. The summed E-state index contributed by atoms with van der Waals surface area (Å²) in [5.74, 6) is 0.607. The maximum atomic E-state index is 11.1. The fourth-order valence-electron chi connectivity index (χ4n) is 2.50. The fraction of sp³-hybridized carbons (Fsp3) is 0.389. The van der Waals surface area contributed by atoms with Crippen molar-refractivity contribution in [2.75, 3.05) is 31.5 Å². The van der Waals surface area contributed by atoms with Crippen LogP contribution in [0.15, 0.2) is 36.8 Å². The number of pyridine rings is 2. The van der Waals surface area contributed by atoms with Crippen molar-refractivity contribution < 1.29 is 4.73 Å². The van der Waals surface area contributed by atoms with Crippen molar-refractivity contribution >= 4 is 5.82 Å². The summed E-state index contributed by atoms with van der Waals surface area (Å²) in [4.78, 5) is 6.74. The zero-order valence-corrected chi connectivity index (χ0v) is 14.2. The van der Waals surface area contributed by atoms with Crippen LogP contribution in [0.5, 0.6) is 0 Å². The standard InChI is InChI=1S/C18H23N5O/c1-3-22(4-2)9-5-8-20-18-16(13-19)12-17(14-21-18)15-6-10-23(24)11-7-15/h6-7,10-12,14H,3-5,8-9H2,1-2H3,(H,20,21). The molecule has 0 atom stereocenters. The summed E-state index contributed by atoms with van der Waals surface area (Å²) >= 11 is 0. The third-order valence-corrected chi connectivity index (χ3v) is 3.98. The molecule has 0 aliphatic heterocycles. The second-order valence-electron chi connectivity index (χ2n) is 5.49. The van der Waals surface area contributed by atoms with Gasteiger partial charge in [-0.3, -0.25) is 0 Å². The van der Waals surface area contributed by atoms with Gasteiger partial charge in [0, 0.05) is 30.4 Å². The molecule has 0 bridgehead atoms. The minimum absolute atomic E-state index is 0.509. The van der Waals surface area contributed by atoms with Crippen LogP contribution in [0.25, 0.3) is 11.1 Å². The third kappa shape index (κ3) is 4.67. The van der Waals surface area contributed by atoms with Crippen molar-refractivity contribution in [2.24, 2.45) is 0 Å². The molecule has 0 saturated carbocycles. The second-order valence-corrected chi connectivity index (χ2v) is 5.49. The molecule has 2 rings (SSSR count). The fourth-order valence-corrected chi connectivity index (χ4v) is 2.50. The predicted molar refractivity (Wildman–Crippen MR) is 94.2 cm³/mol. The van der Waals surface area contributed by atoms with Gasteiger partial charge in [-0.05, 0) is 37.7 Å². The lowest BCUT2D eigenvalue weighted by molar-refractivity contribution is -0.605. The van der Waals surface area contributed by atoms with Crippen molar-refractivity contribution in [3.63, 3.8) is 0 Å². The van der Waals surface area contributed by atoms with Crippen LogP contribution in [0.4, 0.5) is 5.82 Å². The first kappa shape index (κ1) is 17.7. The Balaban J connectivity index is 2.01. The van der Waals surface area contributed by atoms with Gasteiger partial charge in [0.2, 0.25) is 0 Å². The lowest BCUT2D eigenvalue weighted by atomic mass is 10.1. The first-order valence-corrected chi connectivity index (χ1v) is 8.23. The monoisotopic (exact) mass is 325 g/mol. The normalized spacial score (nSPS) is 10.6. The summed E-state index contributed by atoms with van der Waals surface area (Å²) in [5.41, 5.74) is 2.19. The van der Waals surface area contributed by atoms with Gasteiger partial charge in [-0.1, -0.05) is 13.8 Å². The van der Waals surface area contributed by atoms with E-state index in [1.165, 1.54) is 12.4 Å². The van der Waals surface area contributed by atoms with Gasteiger partial charge in [-0.15, -0.1) is 0 Å². The van der Waals surface area contributed by atoms with E-state index in [1.807, 2.05) is 0 Å². The highest BCUT2D eigenvalue weighted by Gasteiger charge is 2.08. The summed E-state index contributed by atoms with van der Waals surface area (Å²) in [6.07, 6.45) is 5.58. The Kier molecular flexibility index (Phi) is 6.52. The molecule has 0 aliphatic carbocycles. The van der Waals surface area contributed by atoms with Gasteiger partial charge in [0.25, 0.3) is 0 Å². The van der Waals surface area contributed by atoms with Crippen LogP contribution in [0.3, 0.4) is 0 Å². The van der Waals surface area contributed by atoms with E-state index >= 15 is 0 Å². The van der Waals surface area contributed by atoms with Gasteiger partial charge in [0.15, 0.2) is 12.4 Å². The lowest BCUT2D eigenvalue weighted by Crippen LogP contribution is -2.25. The van der Waals surface area contributed by atoms with Gasteiger partial charge in [-0.25, -0.2) is 4.98 Å². The quantitative estimate of drug-likeness (QED) is 0.458. The Morgan fingerprint density at radius 2 is 1.96 bits per heavy atom. The van der Waals surface area contributed by atoms with Crippen LogP contribution in [0.1, 0.15) is 25.8 Å². The highest BCUT2D eigenvalue weighted by atomic mass is 16.5. The van der Waals surface area contributed by atoms with Crippen molar-refractivity contribution in [3.05, 3.63) is 47.6 Å². The molecule has 0 unspecified atom stereocenters. The molecule has 0 amide bonds. The molecule has 0 radical (unpaired) electrons. The number of nitrogens with one attached hydrogen (secondary N) is 1. The molecule has 0 fully saturated rings. The van der Waals surface area contributed by atoms with E-state index in [-0.39, 0.29) is 0 Å². The summed E-state index contributed by atoms with van der Waals surface area (Å²) in [6.45, 7) is 8.21. The first-order chi connectivity index (χ1) is 11.7. The number of aromatic nitrogens is 2. The van der Waals surface area contributed by atoms with Crippen molar-refractivity contribution in [1.29, 1.82) is 5.26 Å². The minimum Gasteiger partial charge on any atom is -0.619 e. The molecule has 6 heteroatoms. The van der Waals surface area contributed by atoms with Crippen LogP contribution < -0.4 is 10.0 Å². The van der Waals surface area contributed by atoms with Crippen molar-refractivity contribution in [3.8, 4) is 17.2 Å². The molecule has 2 heterocycles. The molecule has 6 nitrogen and oxygen atoms in total. The van der Waals surface area contributed by atoms with E-state index in [2.05, 4.69) is 35.1 Å². The largest absolute Gasteiger partial charge is 0.619 e. The molecular formula is C18H23N5O. The van der Waals surface area contributed by atoms with Crippen LogP contribution in [0, 0.1) is 16.5 Å². The van der Waals surface area contributed by atoms with Crippen LogP contribution in [0.2, 0.25) is 0 Å². The molecular weight excluding hydrogens is 302 g/mol. The number of anilines is 1. The highest BCUT2D eigenvalue weighted by molar-refractivity contribution is 5.67. The van der Waals surface area contributed by atoms with Crippen LogP contribution in [-0.2, 0) is 0 Å². The second kappa shape index (κ2) is 8.85. The van der Waals surface area contributed by atoms with Gasteiger partial charge in [0.05, 0.1) is 5.56 Å². The molecule has 0 spiro atoms. The summed E-state index contributed by atoms with van der Waals surface area (Å²) < 4.78 is 0.730. The van der Waals surface area contributed by atoms with Crippen LogP contribution in [-0.4, -0.2) is 36.1 Å². The minimum atomic E-state index is 0.509. The van der Waals surface area contributed by atoms with Gasteiger partial charge in [-0.2, -0.15) is 9.99 Å². The van der Waals surface area contributed by atoms with Crippen LogP contribution >= 0.6 is 0 Å². The number of nitriles is 1. The highest BCUT2D eigenvalue weighted by Crippen LogP contribution is 2.21. The molecule has 2 aromatic heterocycles. The van der Waals surface area contributed by atoms with E-state index in [9.17, 15) is 10.5 Å². The van der Waals surface area contributed by atoms with Crippen molar-refractivity contribution in [2.45, 2.75) is 20.3 Å². The maximum Gasteiger partial charge on any atom is 0.180 e. The Morgan fingerprint density at radius 3 is 2.58 bits per heavy atom. The lowest BCUT2D eigenvalue weighted by Gasteiger charge is -2.18. The Bertz CT molecular complexity index is 690. The molecule has 0 saturated heterocycles. The van der Waals surface area contributed by atoms with E-state index in [4.69, 9.17) is 0 Å². The van der Waals surface area contributed by atoms with E-state index in [0.717, 1.165) is 48.5 Å². The Hall–Kier alpha value is -2.65. The van der Waals surface area contributed by atoms with Crippen molar-refractivity contribution in [1.82, 2.24) is 9.88 Å². The van der Waals surface area contributed by atoms with E-state index in [0.29, 0.717) is 11.4 Å². The molecule has 0 aromatic carbocycles. The zero-order valence-electron chi connectivity index (χ0n) is 14.2. The smallest absolute Gasteiger partial charge is 0.180 e. The first-order valence-electron chi connectivity index (χ1n) is 8.23. The van der Waals surface area contributed by atoms with Gasteiger partial charge < -0.3 is 15.4 Å². The number of hydrogen-bond donors (Lipinski definition) is 1. The Morgan fingerprint density at radius 1 is 1.25 bits per heavy atom. The topological polar surface area (TPSA) is 78.9 Å². The SMILES string of the molecule is CCN(CC)CCCNc1ncc(-c2cc[n+]([O-])cc2)cc1C#N. The summed E-state index contributed by atoms with van der Waals surface area (Å²) in [6, 6.07) is 7.40. The molecule has 24 heavy (non-hydrogen) atoms. The third-order valence-electron chi connectivity index (χ3n) is 3.98. The Labute approximate surface area is 143 Å². The summed E-state index contributed by atoms with van der Waals surface area (Å²) in [7, 11) is 0. The molecule has 0 aliphatic rings. The molecule has 2 aromatic rings. The number of nitrogens with zero attached hydrogens (tertiary/aromatic N) is 4. The molecule has 1 N–H and O–H groups in total. The van der Waals surface area contributed by atoms with Gasteiger partial charge >= 0.3 is 0 Å². The van der Waals surface area contributed by atoms with E-state index in [1.54, 1.807) is 24.4 Å². The molecule has 126 valence electrons.